The molecule has 64 valence electrons. The molecule has 0 spiro atoms. The van der Waals surface area contributed by atoms with Gasteiger partial charge in [0, 0.05) is 6.42 Å². The van der Waals surface area contributed by atoms with E-state index in [4.69, 9.17) is 5.39 Å². The van der Waals surface area contributed by atoms with Crippen LogP contribution in [0, 0.1) is 5.39 Å². The summed E-state index contributed by atoms with van der Waals surface area (Å²) in [5, 5.41) is 18.2. The zero-order valence-corrected chi connectivity index (χ0v) is 7.07. The summed E-state index contributed by atoms with van der Waals surface area (Å²) in [5.74, 6) is 0.168. The average molecular weight is 173 g/mol. The second-order valence-electron chi connectivity index (χ2n) is 3.05. The first-order valence-corrected chi connectivity index (χ1v) is 4.18. The van der Waals surface area contributed by atoms with Gasteiger partial charge >= 0.3 is 5.70 Å². The lowest BCUT2D eigenvalue weighted by Gasteiger charge is -2.08. The second-order valence-corrected chi connectivity index (χ2v) is 3.05. The van der Waals surface area contributed by atoms with Gasteiger partial charge in [0.15, 0.2) is 10.7 Å². The van der Waals surface area contributed by atoms with Crippen molar-refractivity contribution in [2.24, 2.45) is 0 Å². The van der Waals surface area contributed by atoms with Gasteiger partial charge in [-0.3, -0.25) is 0 Å². The summed E-state index contributed by atoms with van der Waals surface area (Å²) in [5.41, 5.74) is 2.25. The fourth-order valence-corrected chi connectivity index (χ4v) is 1.61. The van der Waals surface area contributed by atoms with Gasteiger partial charge in [0.25, 0.3) is 0 Å². The van der Waals surface area contributed by atoms with Gasteiger partial charge in [-0.1, -0.05) is 18.2 Å². The van der Waals surface area contributed by atoms with Gasteiger partial charge < -0.3 is 5.11 Å². The third kappa shape index (κ3) is 1.17. The standard InChI is InChI=1S/C10H8N2O/c11-12-10-8-4-2-1-3-7(8)5-6-9(10)13/h1-4H,5-6H2/p+1. The van der Waals surface area contributed by atoms with Crippen molar-refractivity contribution in [3.05, 3.63) is 46.1 Å². The molecular weight excluding hydrogens is 164 g/mol. The Hall–Kier alpha value is -1.82. The Kier molecular flexibility index (Phi) is 1.75. The van der Waals surface area contributed by atoms with E-state index in [1.165, 1.54) is 0 Å². The molecule has 0 amide bonds. The van der Waals surface area contributed by atoms with E-state index in [1.54, 1.807) is 0 Å². The summed E-state index contributed by atoms with van der Waals surface area (Å²) in [4.78, 5) is 3.10. The molecule has 2 rings (SSSR count). The van der Waals surface area contributed by atoms with Crippen molar-refractivity contribution in [2.75, 3.05) is 0 Å². The Morgan fingerprint density at radius 2 is 2.00 bits per heavy atom. The number of hydrogen-bond donors (Lipinski definition) is 1. The van der Waals surface area contributed by atoms with Crippen LogP contribution in [0.3, 0.4) is 0 Å². The molecule has 0 unspecified atom stereocenters. The molecule has 3 nitrogen and oxygen atoms in total. The predicted molar refractivity (Wildman–Crippen MR) is 49.4 cm³/mol. The molecule has 1 N–H and O–H groups in total. The van der Waals surface area contributed by atoms with E-state index in [-0.39, 0.29) is 5.76 Å². The topological polar surface area (TPSA) is 48.4 Å². The summed E-state index contributed by atoms with van der Waals surface area (Å²) in [6.07, 6.45) is 1.36. The first-order valence-electron chi connectivity index (χ1n) is 4.18. The van der Waals surface area contributed by atoms with Gasteiger partial charge in [-0.15, -0.1) is 0 Å². The zero-order valence-electron chi connectivity index (χ0n) is 7.07. The minimum atomic E-state index is 0.168. The van der Waals surface area contributed by atoms with Gasteiger partial charge in [0.2, 0.25) is 5.39 Å². The highest BCUT2D eigenvalue weighted by molar-refractivity contribution is 5.75. The molecule has 0 heterocycles. The van der Waals surface area contributed by atoms with E-state index in [1.807, 2.05) is 24.3 Å². The van der Waals surface area contributed by atoms with Crippen LogP contribution < -0.4 is 0 Å². The van der Waals surface area contributed by atoms with Crippen LogP contribution in [0.2, 0.25) is 0 Å². The van der Waals surface area contributed by atoms with E-state index < -0.39 is 0 Å². The highest BCUT2D eigenvalue weighted by Crippen LogP contribution is 2.30. The summed E-state index contributed by atoms with van der Waals surface area (Å²) >= 11 is 0. The second kappa shape index (κ2) is 2.91. The maximum atomic E-state index is 9.44. The molecule has 0 atom stereocenters. The molecule has 0 aliphatic heterocycles. The maximum Gasteiger partial charge on any atom is 0.429 e. The number of diazo groups is 1. The van der Waals surface area contributed by atoms with Gasteiger partial charge in [-0.2, -0.15) is 0 Å². The smallest absolute Gasteiger partial charge is 0.429 e. The highest BCUT2D eigenvalue weighted by Gasteiger charge is 2.28. The monoisotopic (exact) mass is 173 g/mol. The summed E-state index contributed by atoms with van der Waals surface area (Å²) in [6.45, 7) is 0. The minimum absolute atomic E-state index is 0.168. The van der Waals surface area contributed by atoms with Crippen molar-refractivity contribution in [1.29, 1.82) is 5.39 Å². The molecule has 3 heteroatoms. The van der Waals surface area contributed by atoms with E-state index in [0.717, 1.165) is 17.5 Å². The zero-order chi connectivity index (χ0) is 9.26. The normalized spacial score (nSPS) is 15.0. The number of aryl methyl sites for hydroxylation is 1. The van der Waals surface area contributed by atoms with E-state index >= 15 is 0 Å². The molecule has 0 saturated heterocycles. The highest BCUT2D eigenvalue weighted by atomic mass is 16.3. The number of allylic oxidation sites excluding steroid dienone is 1. The number of aliphatic hydroxyl groups excluding tert-OH is 1. The van der Waals surface area contributed by atoms with Crippen LogP contribution in [-0.4, -0.2) is 5.11 Å². The number of aliphatic hydroxyl groups is 1. The van der Waals surface area contributed by atoms with Crippen molar-refractivity contribution in [3.8, 4) is 0 Å². The molecular formula is C10H9N2O+. The molecule has 0 fully saturated rings. The lowest BCUT2D eigenvalue weighted by atomic mass is 9.94. The minimum Gasteiger partial charge on any atom is -0.505 e. The van der Waals surface area contributed by atoms with E-state index in [0.29, 0.717) is 12.1 Å². The Labute approximate surface area is 76.0 Å². The van der Waals surface area contributed by atoms with Gasteiger partial charge in [0.1, 0.15) is 0 Å². The van der Waals surface area contributed by atoms with E-state index in [9.17, 15) is 5.11 Å². The Morgan fingerprint density at radius 3 is 2.77 bits per heavy atom. The fraction of sp³-hybridized carbons (Fsp3) is 0.200. The molecule has 1 aliphatic carbocycles. The van der Waals surface area contributed by atoms with Gasteiger partial charge in [-0.25, -0.2) is 0 Å². The summed E-state index contributed by atoms with van der Waals surface area (Å²) < 4.78 is 0. The maximum absolute atomic E-state index is 9.44. The van der Waals surface area contributed by atoms with Crippen molar-refractivity contribution >= 4 is 5.70 Å². The number of benzene rings is 1. The molecule has 1 aromatic rings. The van der Waals surface area contributed by atoms with Crippen LogP contribution in [0.5, 0.6) is 0 Å². The molecule has 1 aromatic carbocycles. The molecule has 13 heavy (non-hydrogen) atoms. The third-order valence-electron chi connectivity index (χ3n) is 2.28. The van der Waals surface area contributed by atoms with Crippen molar-refractivity contribution in [1.82, 2.24) is 0 Å². The van der Waals surface area contributed by atoms with Crippen LogP contribution in [0.1, 0.15) is 17.5 Å². The lowest BCUT2D eigenvalue weighted by Crippen LogP contribution is -2.02. The van der Waals surface area contributed by atoms with Crippen LogP contribution in [0.4, 0.5) is 0 Å². The molecule has 0 bridgehead atoms. The number of rotatable bonds is 0. The number of hydrogen-bond acceptors (Lipinski definition) is 2. The molecule has 0 radical (unpaired) electrons. The van der Waals surface area contributed by atoms with Crippen molar-refractivity contribution in [3.63, 3.8) is 0 Å². The van der Waals surface area contributed by atoms with Crippen LogP contribution >= 0.6 is 0 Å². The lowest BCUT2D eigenvalue weighted by molar-refractivity contribution is 0.389. The van der Waals surface area contributed by atoms with E-state index in [2.05, 4.69) is 4.98 Å². The number of nitrogens with zero attached hydrogens (tertiary/aromatic N) is 2. The SMILES string of the molecule is N#[N+]C1=C(O)CCc2ccccc21. The molecule has 0 aromatic heterocycles. The Bertz CT molecular complexity index is 415. The summed E-state index contributed by atoms with van der Waals surface area (Å²) in [7, 11) is 0. The van der Waals surface area contributed by atoms with Crippen LogP contribution in [-0.2, 0) is 6.42 Å². The Morgan fingerprint density at radius 1 is 1.23 bits per heavy atom. The fourth-order valence-electron chi connectivity index (χ4n) is 1.61. The third-order valence-corrected chi connectivity index (χ3v) is 2.28. The van der Waals surface area contributed by atoms with Gasteiger partial charge in [0.05, 0.1) is 5.56 Å². The first kappa shape index (κ1) is 7.81. The summed E-state index contributed by atoms with van der Waals surface area (Å²) in [6, 6.07) is 7.63. The van der Waals surface area contributed by atoms with Crippen molar-refractivity contribution in [2.45, 2.75) is 12.8 Å². The predicted octanol–water partition coefficient (Wildman–Crippen LogP) is 2.71. The quantitative estimate of drug-likeness (QED) is 0.613. The molecule has 0 saturated carbocycles. The first-order chi connectivity index (χ1) is 6.33. The van der Waals surface area contributed by atoms with Crippen LogP contribution in [0.15, 0.2) is 30.0 Å². The van der Waals surface area contributed by atoms with Crippen LogP contribution in [0.25, 0.3) is 10.7 Å². The number of fused-ring (bicyclic) bond motifs is 1. The van der Waals surface area contributed by atoms with Gasteiger partial charge in [-0.05, 0) is 18.1 Å². The molecule has 1 aliphatic rings. The van der Waals surface area contributed by atoms with Crippen molar-refractivity contribution < 1.29 is 5.11 Å². The largest absolute Gasteiger partial charge is 0.505 e. The Balaban J connectivity index is 2.63. The average Bonchev–Trinajstić information content (AvgIpc) is 2.18.